The van der Waals surface area contributed by atoms with Gasteiger partial charge in [0.15, 0.2) is 23.1 Å². The van der Waals surface area contributed by atoms with Crippen molar-refractivity contribution in [1.82, 2.24) is 0 Å². The van der Waals surface area contributed by atoms with Crippen LogP contribution in [-0.2, 0) is 23.9 Å². The fourth-order valence-corrected chi connectivity index (χ4v) is 3.71. The first-order chi connectivity index (χ1) is 20.6. The molecule has 3 rings (SSSR count). The molecule has 0 amide bonds. The molecule has 3 aromatic carbocycles. The molecule has 43 heavy (non-hydrogen) atoms. The summed E-state index contributed by atoms with van der Waals surface area (Å²) in [6.45, 7) is 10.8. The number of halogens is 2. The highest BCUT2D eigenvalue weighted by Gasteiger charge is 2.13. The van der Waals surface area contributed by atoms with Crippen molar-refractivity contribution in [1.29, 1.82) is 0 Å². The second-order valence-electron chi connectivity index (χ2n) is 9.49. The Morgan fingerprint density at radius 1 is 0.674 bits per heavy atom. The highest BCUT2D eigenvalue weighted by molar-refractivity contribution is 5.87. The van der Waals surface area contributed by atoms with Gasteiger partial charge in [0.1, 0.15) is 5.75 Å². The van der Waals surface area contributed by atoms with Gasteiger partial charge in [-0.05, 0) is 78.6 Å². The third kappa shape index (κ3) is 9.81. The van der Waals surface area contributed by atoms with Crippen LogP contribution in [0.15, 0.2) is 78.9 Å². The topological polar surface area (TPSA) is 97.4 Å². The minimum Gasteiger partial charge on any atom is -0.490 e. The maximum atomic E-state index is 14.9. The van der Waals surface area contributed by atoms with Gasteiger partial charge in [0.05, 0.1) is 26.4 Å². The minimum absolute atomic E-state index is 0.0159. The van der Waals surface area contributed by atoms with Gasteiger partial charge in [-0.25, -0.2) is 18.4 Å². The van der Waals surface area contributed by atoms with Crippen molar-refractivity contribution in [3.8, 4) is 39.5 Å². The smallest absolute Gasteiger partial charge is 0.333 e. The van der Waals surface area contributed by atoms with E-state index in [1.54, 1.807) is 44.2 Å². The zero-order valence-electron chi connectivity index (χ0n) is 24.0. The molecule has 0 aromatic heterocycles. The first-order valence-electron chi connectivity index (χ1n) is 13.3. The maximum Gasteiger partial charge on any atom is 0.333 e. The predicted octanol–water partition coefficient (Wildman–Crippen LogP) is 6.61. The molecule has 0 aliphatic rings. The number of rotatable bonds is 16. The zero-order valence-corrected chi connectivity index (χ0v) is 24.0. The summed E-state index contributed by atoms with van der Waals surface area (Å²) >= 11 is 0. The van der Waals surface area contributed by atoms with Gasteiger partial charge >= 0.3 is 11.9 Å². The first kappa shape index (κ1) is 32.5. The number of benzene rings is 3. The molecule has 3 aromatic rings. The van der Waals surface area contributed by atoms with Crippen molar-refractivity contribution in [3.05, 3.63) is 90.5 Å². The molecule has 8 nitrogen and oxygen atoms in total. The Labute approximate surface area is 248 Å². The summed E-state index contributed by atoms with van der Waals surface area (Å²) < 4.78 is 55.7. The summed E-state index contributed by atoms with van der Waals surface area (Å²) in [6.07, 6.45) is 0.722. The first-order valence-corrected chi connectivity index (χ1v) is 13.3. The van der Waals surface area contributed by atoms with Crippen LogP contribution in [0.2, 0.25) is 0 Å². The Kier molecular flexibility index (Phi) is 12.0. The molecule has 0 saturated carbocycles. The molecule has 0 N–H and O–H groups in total. The third-order valence-corrected chi connectivity index (χ3v) is 5.88. The molecule has 0 radical (unpaired) electrons. The Morgan fingerprint density at radius 2 is 1.12 bits per heavy atom. The van der Waals surface area contributed by atoms with Crippen LogP contribution < -0.4 is 14.2 Å². The number of carbonyl (C=O) groups is 3. The normalized spacial score (nSPS) is 10.4. The van der Waals surface area contributed by atoms with E-state index in [2.05, 4.69) is 13.2 Å². The predicted molar refractivity (Wildman–Crippen MR) is 156 cm³/mol. The van der Waals surface area contributed by atoms with E-state index in [0.717, 1.165) is 0 Å². The second-order valence-corrected chi connectivity index (χ2v) is 9.49. The van der Waals surface area contributed by atoms with Crippen LogP contribution in [0.1, 0.15) is 26.7 Å². The maximum absolute atomic E-state index is 14.9. The molecule has 0 heterocycles. The van der Waals surface area contributed by atoms with E-state index in [0.29, 0.717) is 35.1 Å². The van der Waals surface area contributed by atoms with Gasteiger partial charge < -0.3 is 23.7 Å². The molecule has 0 spiro atoms. The monoisotopic (exact) mass is 594 g/mol. The summed E-state index contributed by atoms with van der Waals surface area (Å²) in [7, 11) is 0. The molecule has 0 saturated heterocycles. The van der Waals surface area contributed by atoms with Crippen LogP contribution in [0.5, 0.6) is 17.2 Å². The quantitative estimate of drug-likeness (QED) is 0.0791. The minimum atomic E-state index is -0.623. The van der Waals surface area contributed by atoms with Crippen LogP contribution in [0.3, 0.4) is 0 Å². The lowest BCUT2D eigenvalue weighted by molar-refractivity contribution is -0.140. The van der Waals surface area contributed by atoms with Crippen molar-refractivity contribution < 1.29 is 46.8 Å². The van der Waals surface area contributed by atoms with E-state index in [1.165, 1.54) is 24.3 Å². The molecule has 0 aliphatic heterocycles. The summed E-state index contributed by atoms with van der Waals surface area (Å²) in [6, 6.07) is 13.5. The molecule has 0 aliphatic carbocycles. The summed E-state index contributed by atoms with van der Waals surface area (Å²) in [4.78, 5) is 33.9. The fraction of sp³-hybridized carbons (Fsp3) is 0.242. The number of carbonyl (C=O) groups excluding carboxylic acids is 3. The summed E-state index contributed by atoms with van der Waals surface area (Å²) in [5, 5.41) is 0. The average molecular weight is 595 g/mol. The molecule has 0 bridgehead atoms. The summed E-state index contributed by atoms with van der Waals surface area (Å²) in [5.41, 5.74) is 2.53. The SMILES string of the molecule is C=C(C)C(=O)OCCCOc1ccc(-c2cc(OC=O)cc(-c3ccc(OCCCOC(=O)C(=C)C)c(F)c3)c2)cc1F. The van der Waals surface area contributed by atoms with Gasteiger partial charge in [0, 0.05) is 24.0 Å². The Hall–Kier alpha value is -4.99. The van der Waals surface area contributed by atoms with Gasteiger partial charge in [0.2, 0.25) is 0 Å². The fourth-order valence-electron chi connectivity index (χ4n) is 3.71. The van der Waals surface area contributed by atoms with Gasteiger partial charge in [-0.15, -0.1) is 0 Å². The van der Waals surface area contributed by atoms with Crippen LogP contribution in [-0.4, -0.2) is 44.8 Å². The Balaban J connectivity index is 1.69. The standard InChI is InChI=1S/C33H32F2O8/c1-21(2)32(37)41-13-5-11-39-30-9-7-23(18-28(30)34)25-15-26(17-27(16-25)43-20-36)24-8-10-31(29(35)19-24)40-12-6-14-42-33(38)22(3)4/h7-10,15-20H,1,3,5-6,11-14H2,2,4H3. The van der Waals surface area contributed by atoms with Crippen LogP contribution >= 0.6 is 0 Å². The highest BCUT2D eigenvalue weighted by Crippen LogP contribution is 2.34. The molecule has 0 unspecified atom stereocenters. The second kappa shape index (κ2) is 15.9. The van der Waals surface area contributed by atoms with E-state index < -0.39 is 23.6 Å². The molecular weight excluding hydrogens is 562 g/mol. The molecule has 0 atom stereocenters. The zero-order chi connectivity index (χ0) is 31.4. The van der Waals surface area contributed by atoms with Gasteiger partial charge in [-0.1, -0.05) is 25.3 Å². The van der Waals surface area contributed by atoms with Crippen LogP contribution in [0.25, 0.3) is 22.3 Å². The van der Waals surface area contributed by atoms with Crippen LogP contribution in [0, 0.1) is 11.6 Å². The van der Waals surface area contributed by atoms with E-state index >= 15 is 0 Å². The lowest BCUT2D eigenvalue weighted by atomic mass is 9.98. The Morgan fingerprint density at radius 3 is 1.49 bits per heavy atom. The summed E-state index contributed by atoms with van der Waals surface area (Å²) in [5.74, 6) is -2.04. The Bertz CT molecular complexity index is 1390. The third-order valence-electron chi connectivity index (χ3n) is 5.88. The molecule has 10 heteroatoms. The van der Waals surface area contributed by atoms with Gasteiger partial charge in [-0.2, -0.15) is 0 Å². The molecular formula is C33H32F2O8. The van der Waals surface area contributed by atoms with Crippen molar-refractivity contribution in [2.45, 2.75) is 26.7 Å². The molecule has 226 valence electrons. The average Bonchev–Trinajstić information content (AvgIpc) is 2.97. The van der Waals surface area contributed by atoms with Gasteiger partial charge in [0.25, 0.3) is 6.47 Å². The van der Waals surface area contributed by atoms with E-state index in [9.17, 15) is 23.2 Å². The van der Waals surface area contributed by atoms with E-state index in [4.69, 9.17) is 23.7 Å². The lowest BCUT2D eigenvalue weighted by Crippen LogP contribution is -2.09. The van der Waals surface area contributed by atoms with Crippen molar-refractivity contribution >= 4 is 18.4 Å². The van der Waals surface area contributed by atoms with Crippen molar-refractivity contribution in [2.75, 3.05) is 26.4 Å². The van der Waals surface area contributed by atoms with E-state index in [1.807, 2.05) is 0 Å². The number of ether oxygens (including phenoxy) is 5. The van der Waals surface area contributed by atoms with Gasteiger partial charge in [-0.3, -0.25) is 4.79 Å². The number of hydrogen-bond acceptors (Lipinski definition) is 8. The van der Waals surface area contributed by atoms with Crippen molar-refractivity contribution in [2.24, 2.45) is 0 Å². The number of hydrogen-bond donors (Lipinski definition) is 0. The van der Waals surface area contributed by atoms with E-state index in [-0.39, 0.29) is 61.3 Å². The van der Waals surface area contributed by atoms with Crippen LogP contribution in [0.4, 0.5) is 8.78 Å². The van der Waals surface area contributed by atoms with Crippen molar-refractivity contribution in [3.63, 3.8) is 0 Å². The largest absolute Gasteiger partial charge is 0.490 e. The lowest BCUT2D eigenvalue weighted by Gasteiger charge is -2.13. The molecule has 0 fully saturated rings. The highest BCUT2D eigenvalue weighted by atomic mass is 19.1. The number of esters is 2.